The largest absolute Gasteiger partial charge is 0.454 e. The first-order valence-electron chi connectivity index (χ1n) is 6.40. The van der Waals surface area contributed by atoms with Crippen LogP contribution >= 0.6 is 0 Å². The fourth-order valence-electron chi connectivity index (χ4n) is 2.50. The number of nitrogens with zero attached hydrogens (tertiary/aromatic N) is 2. The van der Waals surface area contributed by atoms with Gasteiger partial charge in [0.1, 0.15) is 6.04 Å². The molecule has 0 bridgehead atoms. The molecule has 0 saturated carbocycles. The van der Waals surface area contributed by atoms with Crippen molar-refractivity contribution in [2.75, 3.05) is 13.3 Å². The number of carbonyl (C=O) groups excluding carboxylic acids is 1. The summed E-state index contributed by atoms with van der Waals surface area (Å²) < 4.78 is 10.5. The predicted octanol–water partition coefficient (Wildman–Crippen LogP) is 1.93. The van der Waals surface area contributed by atoms with Gasteiger partial charge >= 0.3 is 0 Å². The molecule has 2 aliphatic rings. The van der Waals surface area contributed by atoms with E-state index in [-0.39, 0.29) is 18.7 Å². The quantitative estimate of drug-likeness (QED) is 0.772. The minimum atomic E-state index is -0.313. The summed E-state index contributed by atoms with van der Waals surface area (Å²) in [6.07, 6.45) is 2.71. The van der Waals surface area contributed by atoms with Gasteiger partial charge in [0.05, 0.1) is 6.07 Å². The van der Waals surface area contributed by atoms with Crippen molar-refractivity contribution < 1.29 is 14.3 Å². The number of piperidine rings is 1. The van der Waals surface area contributed by atoms with Crippen LogP contribution in [-0.2, 0) is 0 Å². The SMILES string of the molecule is N#CC1CCCCN1C(=O)c1ccc2c(c1)OCO2. The summed E-state index contributed by atoms with van der Waals surface area (Å²) in [5.74, 6) is 1.15. The van der Waals surface area contributed by atoms with Crippen molar-refractivity contribution in [3.63, 3.8) is 0 Å². The highest BCUT2D eigenvalue weighted by molar-refractivity contribution is 5.95. The molecule has 1 aromatic carbocycles. The average molecular weight is 258 g/mol. The van der Waals surface area contributed by atoms with Gasteiger partial charge in [-0.2, -0.15) is 5.26 Å². The van der Waals surface area contributed by atoms with Gasteiger partial charge in [-0.1, -0.05) is 0 Å². The van der Waals surface area contributed by atoms with Crippen LogP contribution in [0.3, 0.4) is 0 Å². The second-order valence-electron chi connectivity index (χ2n) is 4.71. The van der Waals surface area contributed by atoms with Crippen molar-refractivity contribution in [3.05, 3.63) is 23.8 Å². The molecule has 5 nitrogen and oxygen atoms in total. The second kappa shape index (κ2) is 4.81. The van der Waals surface area contributed by atoms with E-state index < -0.39 is 0 Å². The van der Waals surface area contributed by atoms with Gasteiger partial charge in [0.2, 0.25) is 6.79 Å². The zero-order valence-electron chi connectivity index (χ0n) is 10.5. The first kappa shape index (κ1) is 11.8. The Morgan fingerprint density at radius 2 is 2.16 bits per heavy atom. The third-order valence-electron chi connectivity index (χ3n) is 3.53. The van der Waals surface area contributed by atoms with Crippen molar-refractivity contribution in [3.8, 4) is 17.6 Å². The molecule has 3 rings (SSSR count). The van der Waals surface area contributed by atoms with E-state index in [1.807, 2.05) is 0 Å². The lowest BCUT2D eigenvalue weighted by atomic mass is 10.0. The molecule has 0 spiro atoms. The highest BCUT2D eigenvalue weighted by Crippen LogP contribution is 2.33. The van der Waals surface area contributed by atoms with Crippen LogP contribution in [0, 0.1) is 11.3 Å². The molecule has 1 saturated heterocycles. The minimum absolute atomic E-state index is 0.107. The maximum atomic E-state index is 12.4. The molecule has 0 aromatic heterocycles. The van der Waals surface area contributed by atoms with Gasteiger partial charge in [0.15, 0.2) is 11.5 Å². The van der Waals surface area contributed by atoms with E-state index in [9.17, 15) is 4.79 Å². The Kier molecular flexibility index (Phi) is 3.00. The number of ether oxygens (including phenoxy) is 2. The highest BCUT2D eigenvalue weighted by Gasteiger charge is 2.28. The molecule has 1 aromatic rings. The molecule has 98 valence electrons. The van der Waals surface area contributed by atoms with Crippen molar-refractivity contribution in [1.29, 1.82) is 5.26 Å². The minimum Gasteiger partial charge on any atom is -0.454 e. The number of rotatable bonds is 1. The fourth-order valence-corrected chi connectivity index (χ4v) is 2.50. The lowest BCUT2D eigenvalue weighted by Crippen LogP contribution is -2.42. The Labute approximate surface area is 111 Å². The third kappa shape index (κ3) is 2.10. The Hall–Kier alpha value is -2.22. The molecule has 2 heterocycles. The normalized spacial score (nSPS) is 21.0. The molecule has 2 aliphatic heterocycles. The summed E-state index contributed by atoms with van der Waals surface area (Å²) in [7, 11) is 0. The lowest BCUT2D eigenvalue weighted by molar-refractivity contribution is 0.0670. The molecule has 0 N–H and O–H groups in total. The zero-order valence-corrected chi connectivity index (χ0v) is 10.5. The van der Waals surface area contributed by atoms with Crippen LogP contribution in [0.5, 0.6) is 11.5 Å². The van der Waals surface area contributed by atoms with Crippen LogP contribution in [0.15, 0.2) is 18.2 Å². The Balaban J connectivity index is 1.85. The number of fused-ring (bicyclic) bond motifs is 1. The topological polar surface area (TPSA) is 62.6 Å². The lowest BCUT2D eigenvalue weighted by Gasteiger charge is -2.31. The van der Waals surface area contributed by atoms with Crippen LogP contribution in [-0.4, -0.2) is 30.2 Å². The van der Waals surface area contributed by atoms with Gasteiger partial charge in [0, 0.05) is 12.1 Å². The average Bonchev–Trinajstić information content (AvgIpc) is 2.93. The number of carbonyl (C=O) groups is 1. The Morgan fingerprint density at radius 1 is 1.32 bits per heavy atom. The van der Waals surface area contributed by atoms with Crippen molar-refractivity contribution in [2.45, 2.75) is 25.3 Å². The second-order valence-corrected chi connectivity index (χ2v) is 4.71. The first-order chi connectivity index (χ1) is 9.29. The number of hydrogen-bond acceptors (Lipinski definition) is 4. The van der Waals surface area contributed by atoms with Gasteiger partial charge in [-0.15, -0.1) is 0 Å². The number of likely N-dealkylation sites (tertiary alicyclic amines) is 1. The summed E-state index contributed by atoms with van der Waals surface area (Å²) in [6, 6.07) is 7.04. The van der Waals surface area contributed by atoms with Gasteiger partial charge in [-0.05, 0) is 37.5 Å². The van der Waals surface area contributed by atoms with Crippen molar-refractivity contribution in [2.24, 2.45) is 0 Å². The first-order valence-corrected chi connectivity index (χ1v) is 6.40. The maximum Gasteiger partial charge on any atom is 0.255 e. The summed E-state index contributed by atoms with van der Waals surface area (Å²) in [6.45, 7) is 0.836. The van der Waals surface area contributed by atoms with Crippen molar-refractivity contribution >= 4 is 5.91 Å². The molecular weight excluding hydrogens is 244 g/mol. The Bertz CT molecular complexity index is 550. The number of nitriles is 1. The summed E-state index contributed by atoms with van der Waals surface area (Å²) in [5.41, 5.74) is 0.548. The molecule has 1 atom stereocenters. The fraction of sp³-hybridized carbons (Fsp3) is 0.429. The molecule has 1 unspecified atom stereocenters. The predicted molar refractivity (Wildman–Crippen MR) is 66.9 cm³/mol. The van der Waals surface area contributed by atoms with Crippen LogP contribution in [0.25, 0.3) is 0 Å². The van der Waals surface area contributed by atoms with Crippen LogP contribution < -0.4 is 9.47 Å². The third-order valence-corrected chi connectivity index (χ3v) is 3.53. The highest BCUT2D eigenvalue weighted by atomic mass is 16.7. The molecular formula is C14H14N2O3. The van der Waals surface area contributed by atoms with E-state index in [4.69, 9.17) is 14.7 Å². The van der Waals surface area contributed by atoms with Gasteiger partial charge in [0.25, 0.3) is 5.91 Å². The van der Waals surface area contributed by atoms with Crippen LogP contribution in [0.1, 0.15) is 29.6 Å². The van der Waals surface area contributed by atoms with Crippen LogP contribution in [0.4, 0.5) is 0 Å². The van der Waals surface area contributed by atoms with E-state index in [2.05, 4.69) is 6.07 Å². The summed E-state index contributed by atoms with van der Waals surface area (Å²) in [5, 5.41) is 9.12. The molecule has 5 heteroatoms. The standard InChI is InChI=1S/C14H14N2O3/c15-8-11-3-1-2-6-16(11)14(17)10-4-5-12-13(7-10)19-9-18-12/h4-5,7,11H,1-3,6,9H2. The summed E-state index contributed by atoms with van der Waals surface area (Å²) >= 11 is 0. The maximum absolute atomic E-state index is 12.4. The molecule has 1 amide bonds. The zero-order chi connectivity index (χ0) is 13.2. The number of benzene rings is 1. The number of hydrogen-bond donors (Lipinski definition) is 0. The number of amides is 1. The van der Waals surface area contributed by atoms with E-state index in [0.717, 1.165) is 19.3 Å². The van der Waals surface area contributed by atoms with Gasteiger partial charge in [-0.25, -0.2) is 0 Å². The molecule has 0 radical (unpaired) electrons. The van der Waals surface area contributed by atoms with E-state index >= 15 is 0 Å². The van der Waals surface area contributed by atoms with Crippen LogP contribution in [0.2, 0.25) is 0 Å². The van der Waals surface area contributed by atoms with E-state index in [0.29, 0.717) is 23.6 Å². The molecule has 19 heavy (non-hydrogen) atoms. The smallest absolute Gasteiger partial charge is 0.255 e. The monoisotopic (exact) mass is 258 g/mol. The van der Waals surface area contributed by atoms with E-state index in [1.165, 1.54) is 0 Å². The van der Waals surface area contributed by atoms with E-state index in [1.54, 1.807) is 23.1 Å². The van der Waals surface area contributed by atoms with Gasteiger partial charge < -0.3 is 14.4 Å². The Morgan fingerprint density at radius 3 is 3.00 bits per heavy atom. The van der Waals surface area contributed by atoms with Crippen molar-refractivity contribution in [1.82, 2.24) is 4.90 Å². The van der Waals surface area contributed by atoms with Gasteiger partial charge in [-0.3, -0.25) is 4.79 Å². The molecule has 1 fully saturated rings. The summed E-state index contributed by atoms with van der Waals surface area (Å²) in [4.78, 5) is 14.1. The molecule has 0 aliphatic carbocycles.